The monoisotopic (exact) mass is 1650 g/mol. The molecular formula is C94H135N13O13. The highest BCUT2D eigenvalue weighted by molar-refractivity contribution is 6.04. The molecule has 0 bridgehead atoms. The summed E-state index contributed by atoms with van der Waals surface area (Å²) in [4.78, 5) is 125. The summed E-state index contributed by atoms with van der Waals surface area (Å²) in [5.41, 5.74) is 12.0. The second-order valence-corrected chi connectivity index (χ2v) is 36.8. The molecule has 26 heteroatoms. The Bertz CT molecular complexity index is 3600. The standard InChI is InChI=1S/4C16H20N2O2.5C6H11NO/c4*1-16(2,3)20-15(19)18-9-8-12-11-6-4-5-7-13(11)17-14(12)10-18;5*8-5-6-2-1-3-7-4-6/h4*4-7,12H,8-10H2,1-3H3;5*5-7H,1-4H2. The van der Waals surface area contributed by atoms with Gasteiger partial charge >= 0.3 is 24.4 Å². The largest absolute Gasteiger partial charge is 0.444 e. The Labute approximate surface area is 711 Å². The Morgan fingerprint density at radius 2 is 0.483 bits per heavy atom. The van der Waals surface area contributed by atoms with Crippen molar-refractivity contribution < 1.29 is 62.1 Å². The van der Waals surface area contributed by atoms with Gasteiger partial charge in [0, 0.05) is 135 Å². The van der Waals surface area contributed by atoms with Crippen molar-refractivity contribution in [1.29, 1.82) is 0 Å². The van der Waals surface area contributed by atoms with Gasteiger partial charge in [0.05, 0.1) is 48.9 Å². The lowest BCUT2D eigenvalue weighted by Crippen LogP contribution is -2.44. The average Bonchev–Trinajstić information content (AvgIpc) is 1.67. The zero-order chi connectivity index (χ0) is 86.4. The maximum absolute atomic E-state index is 12.1. The van der Waals surface area contributed by atoms with E-state index in [9.17, 15) is 43.2 Å². The number of aliphatic imine (C=N–C) groups is 4. The number of rotatable bonds is 5. The van der Waals surface area contributed by atoms with Gasteiger partial charge < -0.3 is 89.1 Å². The van der Waals surface area contributed by atoms with E-state index in [1.54, 1.807) is 19.6 Å². The van der Waals surface area contributed by atoms with Crippen molar-refractivity contribution in [2.75, 3.05) is 118 Å². The Kier molecular flexibility index (Phi) is 36.4. The first-order chi connectivity index (χ1) is 57.4. The summed E-state index contributed by atoms with van der Waals surface area (Å²) < 4.78 is 21.7. The van der Waals surface area contributed by atoms with Crippen molar-refractivity contribution in [3.05, 3.63) is 119 Å². The van der Waals surface area contributed by atoms with Crippen molar-refractivity contribution in [2.24, 2.45) is 49.6 Å². The molecule has 4 aromatic carbocycles. The predicted molar refractivity (Wildman–Crippen MR) is 473 cm³/mol. The molecule has 120 heavy (non-hydrogen) atoms. The van der Waals surface area contributed by atoms with Crippen LogP contribution in [0.3, 0.4) is 0 Å². The van der Waals surface area contributed by atoms with Crippen LogP contribution in [-0.2, 0) is 42.9 Å². The average molecular weight is 1660 g/mol. The summed E-state index contributed by atoms with van der Waals surface area (Å²) in [5.74, 6) is 2.99. The lowest BCUT2D eigenvalue weighted by Gasteiger charge is -2.32. The molecule has 4 amide bonds. The van der Waals surface area contributed by atoms with E-state index in [4.69, 9.17) is 18.9 Å². The van der Waals surface area contributed by atoms with E-state index in [1.807, 2.05) is 132 Å². The van der Waals surface area contributed by atoms with E-state index in [0.717, 1.165) is 259 Å². The Morgan fingerprint density at radius 1 is 0.300 bits per heavy atom. The smallest absolute Gasteiger partial charge is 0.410 e. The molecule has 17 rings (SSSR count). The molecule has 0 aliphatic carbocycles. The molecule has 4 aromatic rings. The summed E-state index contributed by atoms with van der Waals surface area (Å²) in [7, 11) is 0. The molecule has 0 spiro atoms. The number of aldehydes is 5. The topological polar surface area (TPSA) is 313 Å². The van der Waals surface area contributed by atoms with Crippen LogP contribution >= 0.6 is 0 Å². The van der Waals surface area contributed by atoms with Gasteiger partial charge in [-0.1, -0.05) is 72.8 Å². The molecule has 0 radical (unpaired) electrons. The molecule has 9 atom stereocenters. The molecule has 13 heterocycles. The van der Waals surface area contributed by atoms with Crippen LogP contribution in [0, 0.1) is 29.6 Å². The minimum atomic E-state index is -0.450. The maximum atomic E-state index is 12.1. The third-order valence-electron chi connectivity index (χ3n) is 22.3. The number of carbonyl (C=O) groups is 9. The van der Waals surface area contributed by atoms with Gasteiger partial charge in [-0.25, -0.2) is 19.2 Å². The van der Waals surface area contributed by atoms with Crippen LogP contribution in [0.1, 0.15) is 219 Å². The molecule has 26 nitrogen and oxygen atoms in total. The number of ether oxygens (including phenoxy) is 4. The first-order valence-corrected chi connectivity index (χ1v) is 43.8. The molecule has 9 unspecified atom stereocenters. The molecular weight excluding hydrogens is 1520 g/mol. The van der Waals surface area contributed by atoms with Gasteiger partial charge in [-0.15, -0.1) is 0 Å². The van der Waals surface area contributed by atoms with Crippen LogP contribution in [0.15, 0.2) is 117 Å². The normalized spacial score (nSPS) is 23.9. The highest BCUT2D eigenvalue weighted by atomic mass is 16.6. The van der Waals surface area contributed by atoms with Crippen LogP contribution in [0.4, 0.5) is 41.9 Å². The van der Waals surface area contributed by atoms with Gasteiger partial charge in [-0.2, -0.15) is 0 Å². The predicted octanol–water partition coefficient (Wildman–Crippen LogP) is 14.9. The van der Waals surface area contributed by atoms with Gasteiger partial charge in [0.1, 0.15) is 53.8 Å². The van der Waals surface area contributed by atoms with Crippen LogP contribution < -0.4 is 26.6 Å². The number of amides is 4. The van der Waals surface area contributed by atoms with Crippen LogP contribution in [0.25, 0.3) is 0 Å². The summed E-state index contributed by atoms with van der Waals surface area (Å²) in [5, 5.41) is 15.8. The number of nitrogens with one attached hydrogen (secondary N) is 5. The van der Waals surface area contributed by atoms with Crippen molar-refractivity contribution in [3.63, 3.8) is 0 Å². The molecule has 13 aliphatic heterocycles. The van der Waals surface area contributed by atoms with Crippen LogP contribution in [-0.4, -0.2) is 238 Å². The second-order valence-electron chi connectivity index (χ2n) is 36.8. The third-order valence-corrected chi connectivity index (χ3v) is 22.3. The molecule has 654 valence electrons. The summed E-state index contributed by atoms with van der Waals surface area (Å²) >= 11 is 0. The molecule has 9 saturated heterocycles. The number of para-hydroxylation sites is 4. The zero-order valence-corrected chi connectivity index (χ0v) is 73.3. The fraction of sp³-hybridized carbons (Fsp3) is 0.606. The fourth-order valence-electron chi connectivity index (χ4n) is 16.2. The Balaban J connectivity index is 0.000000158. The van der Waals surface area contributed by atoms with Crippen LogP contribution in [0.5, 0.6) is 0 Å². The number of nitrogens with zero attached hydrogens (tertiary/aromatic N) is 8. The summed E-state index contributed by atoms with van der Waals surface area (Å²) in [6.07, 6.45) is 19.2. The van der Waals surface area contributed by atoms with Gasteiger partial charge in [-0.05, 0) is 252 Å². The van der Waals surface area contributed by atoms with E-state index in [2.05, 4.69) is 95.1 Å². The first-order valence-electron chi connectivity index (χ1n) is 43.8. The van der Waals surface area contributed by atoms with E-state index >= 15 is 0 Å². The van der Waals surface area contributed by atoms with Gasteiger partial charge in [0.25, 0.3) is 0 Å². The summed E-state index contributed by atoms with van der Waals surface area (Å²) in [6, 6.07) is 33.0. The molecule has 5 N–H and O–H groups in total. The molecule has 0 aromatic heterocycles. The molecule has 9 fully saturated rings. The van der Waals surface area contributed by atoms with E-state index < -0.39 is 22.4 Å². The van der Waals surface area contributed by atoms with E-state index in [1.165, 1.54) is 22.3 Å². The lowest BCUT2D eigenvalue weighted by atomic mass is 9.89. The number of hydrogen-bond acceptors (Lipinski definition) is 22. The number of likely N-dealkylation sites (tertiary alicyclic amines) is 4. The van der Waals surface area contributed by atoms with Gasteiger partial charge in [0.2, 0.25) is 0 Å². The SMILES string of the molecule is CC(C)(C)OC(=O)N1CCC2C(=Nc3ccccc32)C1.CC(C)(C)OC(=O)N1CCC2C(=Nc3ccccc32)C1.CC(C)(C)OC(=O)N1CCC2C(=Nc3ccccc32)C1.CC(C)(C)OC(=O)N1CCC2C(=Nc3ccccc32)C1.O=CC1CCCNC1.O=CC1CCCNC1.O=CC1CCCNC1.O=CC1CCCNC1.O=CC1CCCNC1. The minimum absolute atomic E-state index is 0.241. The number of hydrogen-bond donors (Lipinski definition) is 5. The quantitative estimate of drug-likeness (QED) is 0.0916. The van der Waals surface area contributed by atoms with Crippen molar-refractivity contribution in [2.45, 2.75) is 219 Å². The van der Waals surface area contributed by atoms with Gasteiger partial charge in [-0.3, -0.25) is 20.0 Å². The number of benzene rings is 4. The highest BCUT2D eigenvalue weighted by Gasteiger charge is 2.40. The second kappa shape index (κ2) is 46.2. The van der Waals surface area contributed by atoms with Crippen molar-refractivity contribution >= 4 is 101 Å². The maximum Gasteiger partial charge on any atom is 0.410 e. The Hall–Kier alpha value is -9.21. The summed E-state index contributed by atoms with van der Waals surface area (Å²) in [6.45, 7) is 37.8. The number of fused-ring (bicyclic) bond motifs is 12. The minimum Gasteiger partial charge on any atom is -0.444 e. The fourth-order valence-corrected chi connectivity index (χ4v) is 16.2. The number of piperidine rings is 9. The highest BCUT2D eigenvalue weighted by Crippen LogP contribution is 2.44. The third kappa shape index (κ3) is 30.1. The molecule has 0 saturated carbocycles. The lowest BCUT2D eigenvalue weighted by molar-refractivity contribution is -0.112. The van der Waals surface area contributed by atoms with E-state index in [-0.39, 0.29) is 24.4 Å². The van der Waals surface area contributed by atoms with Crippen molar-refractivity contribution in [3.8, 4) is 0 Å². The van der Waals surface area contributed by atoms with Crippen LogP contribution in [0.2, 0.25) is 0 Å². The number of carbonyl (C=O) groups excluding carboxylic acids is 9. The first kappa shape index (κ1) is 94.6. The van der Waals surface area contributed by atoms with Crippen molar-refractivity contribution in [1.82, 2.24) is 46.2 Å². The van der Waals surface area contributed by atoms with E-state index in [0.29, 0.717) is 79.4 Å². The Morgan fingerprint density at radius 3 is 0.633 bits per heavy atom. The molecule has 13 aliphatic rings. The zero-order valence-electron chi connectivity index (χ0n) is 73.3. The van der Waals surface area contributed by atoms with Gasteiger partial charge in [0.15, 0.2) is 0 Å².